The number of halogens is 3. The first-order valence-electron chi connectivity index (χ1n) is 8.96. The van der Waals surface area contributed by atoms with Crippen molar-refractivity contribution in [3.05, 3.63) is 38.1 Å². The van der Waals surface area contributed by atoms with Gasteiger partial charge in [0.15, 0.2) is 0 Å². The fourth-order valence-corrected chi connectivity index (χ4v) is 6.05. The van der Waals surface area contributed by atoms with E-state index in [2.05, 4.69) is 32.5 Å². The molecule has 4 rings (SSSR count). The summed E-state index contributed by atoms with van der Waals surface area (Å²) in [4.78, 5) is 12.8. The molecule has 1 aromatic heterocycles. The fraction of sp³-hybridized carbons (Fsp3) is 0.474. The van der Waals surface area contributed by atoms with Gasteiger partial charge in [0.2, 0.25) is 0 Å². The minimum atomic E-state index is 0.561. The maximum absolute atomic E-state index is 6.30. The summed E-state index contributed by atoms with van der Waals surface area (Å²) in [7, 11) is 0. The Balaban J connectivity index is 1.47. The lowest BCUT2D eigenvalue weighted by atomic mass is 9.77. The maximum atomic E-state index is 6.30. The van der Waals surface area contributed by atoms with Crippen LogP contribution in [0.1, 0.15) is 38.5 Å². The van der Waals surface area contributed by atoms with E-state index in [-0.39, 0.29) is 0 Å². The lowest BCUT2D eigenvalue weighted by Gasteiger charge is -2.39. The molecule has 2 heterocycles. The summed E-state index contributed by atoms with van der Waals surface area (Å²) in [6.45, 7) is 2.19. The van der Waals surface area contributed by atoms with Crippen LogP contribution in [0.5, 0.6) is 0 Å². The summed E-state index contributed by atoms with van der Waals surface area (Å²) in [5.74, 6) is 0.990. The molecule has 26 heavy (non-hydrogen) atoms. The van der Waals surface area contributed by atoms with E-state index in [1.807, 2.05) is 18.3 Å². The van der Waals surface area contributed by atoms with E-state index in [0.29, 0.717) is 15.5 Å². The van der Waals surface area contributed by atoms with Crippen LogP contribution in [0.2, 0.25) is 10.0 Å². The van der Waals surface area contributed by atoms with E-state index >= 15 is 0 Å². The average Bonchev–Trinajstić information content (AvgIpc) is 3.09. The van der Waals surface area contributed by atoms with E-state index in [4.69, 9.17) is 28.2 Å². The molecule has 1 saturated carbocycles. The molecule has 0 radical (unpaired) electrons. The van der Waals surface area contributed by atoms with Gasteiger partial charge in [-0.2, -0.15) is 0 Å². The first-order chi connectivity index (χ1) is 12.6. The van der Waals surface area contributed by atoms with Gasteiger partial charge in [-0.25, -0.2) is 9.97 Å². The van der Waals surface area contributed by atoms with Crippen molar-refractivity contribution < 1.29 is 0 Å². The van der Waals surface area contributed by atoms with Crippen LogP contribution in [0, 0.1) is 9.12 Å². The third kappa shape index (κ3) is 3.96. The van der Waals surface area contributed by atoms with E-state index in [9.17, 15) is 0 Å². The zero-order valence-corrected chi connectivity index (χ0v) is 18.8. The van der Waals surface area contributed by atoms with Crippen molar-refractivity contribution in [2.45, 2.75) is 48.4 Å². The summed E-state index contributed by atoms with van der Waals surface area (Å²) in [6.07, 6.45) is 10.1. The largest absolute Gasteiger partial charge is 0.355 e. The van der Waals surface area contributed by atoms with Crippen molar-refractivity contribution in [3.63, 3.8) is 0 Å². The number of piperidine rings is 1. The predicted molar refractivity (Wildman–Crippen MR) is 118 cm³/mol. The molecule has 0 bridgehead atoms. The third-order valence-electron chi connectivity index (χ3n) is 5.62. The van der Waals surface area contributed by atoms with E-state index in [1.165, 1.54) is 50.3 Å². The zero-order chi connectivity index (χ0) is 18.1. The third-order valence-corrected chi connectivity index (χ3v) is 8.72. The lowest BCUT2D eigenvalue weighted by molar-refractivity contribution is 0.226. The molecule has 1 aliphatic heterocycles. The molecule has 0 unspecified atom stereocenters. The van der Waals surface area contributed by atoms with Crippen molar-refractivity contribution >= 4 is 63.4 Å². The molecule has 1 aromatic carbocycles. The van der Waals surface area contributed by atoms with Crippen molar-refractivity contribution in [2.75, 3.05) is 18.0 Å². The first kappa shape index (κ1) is 19.1. The minimum Gasteiger partial charge on any atom is -0.355 e. The van der Waals surface area contributed by atoms with Crippen LogP contribution in [0.4, 0.5) is 5.82 Å². The molecule has 1 aliphatic carbocycles. The standard InChI is InChI=1S/C19H20Cl2IN3S/c20-13-4-3-5-14(16(13)21)26-18-17(22)24-15(12-23-18)25-10-8-19(9-11-25)6-1-2-7-19/h3-5,12H,1-2,6-11H2. The number of benzene rings is 1. The highest BCUT2D eigenvalue weighted by Gasteiger charge is 2.37. The molecule has 7 heteroatoms. The van der Waals surface area contributed by atoms with Gasteiger partial charge in [0.05, 0.1) is 16.2 Å². The smallest absolute Gasteiger partial charge is 0.148 e. The van der Waals surface area contributed by atoms with Crippen LogP contribution in [0.15, 0.2) is 34.3 Å². The first-order valence-corrected chi connectivity index (χ1v) is 11.6. The van der Waals surface area contributed by atoms with Gasteiger partial charge in [-0.1, -0.05) is 53.9 Å². The van der Waals surface area contributed by atoms with Crippen LogP contribution < -0.4 is 4.90 Å². The summed E-state index contributed by atoms with van der Waals surface area (Å²) < 4.78 is 0.905. The predicted octanol–water partition coefficient (Wildman–Crippen LogP) is 6.70. The van der Waals surface area contributed by atoms with Crippen LogP contribution in [0.3, 0.4) is 0 Å². The van der Waals surface area contributed by atoms with Crippen LogP contribution >= 0.6 is 57.6 Å². The highest BCUT2D eigenvalue weighted by atomic mass is 127. The summed E-state index contributed by atoms with van der Waals surface area (Å²) in [5, 5.41) is 1.99. The molecule has 0 N–H and O–H groups in total. The molecule has 2 aliphatic rings. The van der Waals surface area contributed by atoms with Gasteiger partial charge < -0.3 is 4.90 Å². The second-order valence-electron chi connectivity index (χ2n) is 7.17. The molecule has 1 spiro atoms. The Hall–Kier alpha value is -0.240. The number of nitrogens with zero attached hydrogens (tertiary/aromatic N) is 3. The molecule has 3 nitrogen and oxygen atoms in total. The molecule has 138 valence electrons. The molecular weight excluding hydrogens is 500 g/mol. The fourth-order valence-electron chi connectivity index (χ4n) is 4.07. The van der Waals surface area contributed by atoms with Gasteiger partial charge in [0, 0.05) is 18.0 Å². The number of hydrogen-bond donors (Lipinski definition) is 0. The van der Waals surface area contributed by atoms with Gasteiger partial charge in [-0.3, -0.25) is 0 Å². The number of rotatable bonds is 3. The Morgan fingerprint density at radius 3 is 2.50 bits per heavy atom. The van der Waals surface area contributed by atoms with E-state index in [0.717, 1.165) is 32.5 Å². The second kappa shape index (κ2) is 8.02. The molecule has 0 amide bonds. The average molecular weight is 520 g/mol. The number of anilines is 1. The van der Waals surface area contributed by atoms with Crippen LogP contribution in [-0.2, 0) is 0 Å². The summed E-state index contributed by atoms with van der Waals surface area (Å²) in [5.41, 5.74) is 0.621. The van der Waals surface area contributed by atoms with Gasteiger partial charge >= 0.3 is 0 Å². The monoisotopic (exact) mass is 519 g/mol. The lowest BCUT2D eigenvalue weighted by Crippen LogP contribution is -2.39. The van der Waals surface area contributed by atoms with E-state index in [1.54, 1.807) is 6.07 Å². The molecular formula is C19H20Cl2IN3S. The summed E-state index contributed by atoms with van der Waals surface area (Å²) >= 11 is 16.2. The normalized spacial score (nSPS) is 19.3. The Bertz CT molecular complexity index is 801. The molecule has 2 aromatic rings. The Kier molecular flexibility index (Phi) is 5.89. The quantitative estimate of drug-likeness (QED) is 0.422. The second-order valence-corrected chi connectivity index (χ2v) is 10.0. The van der Waals surface area contributed by atoms with Crippen molar-refractivity contribution in [2.24, 2.45) is 5.41 Å². The molecule has 2 fully saturated rings. The van der Waals surface area contributed by atoms with Crippen molar-refractivity contribution in [1.82, 2.24) is 9.97 Å². The summed E-state index contributed by atoms with van der Waals surface area (Å²) in [6, 6.07) is 5.65. The highest BCUT2D eigenvalue weighted by molar-refractivity contribution is 14.1. The number of hydrogen-bond acceptors (Lipinski definition) is 4. The van der Waals surface area contributed by atoms with Crippen LogP contribution in [-0.4, -0.2) is 23.1 Å². The molecule has 1 saturated heterocycles. The SMILES string of the molecule is Clc1cccc(Sc2ncc(N3CCC4(CCCC4)CC3)nc2I)c1Cl. The topological polar surface area (TPSA) is 29.0 Å². The van der Waals surface area contributed by atoms with Gasteiger partial charge in [0.25, 0.3) is 0 Å². The maximum Gasteiger partial charge on any atom is 0.148 e. The van der Waals surface area contributed by atoms with Gasteiger partial charge in [-0.05, 0) is 65.8 Å². The highest BCUT2D eigenvalue weighted by Crippen LogP contribution is 2.46. The van der Waals surface area contributed by atoms with Crippen molar-refractivity contribution in [1.29, 1.82) is 0 Å². The van der Waals surface area contributed by atoms with E-state index < -0.39 is 0 Å². The van der Waals surface area contributed by atoms with Gasteiger partial charge in [0.1, 0.15) is 14.5 Å². The van der Waals surface area contributed by atoms with Crippen molar-refractivity contribution in [3.8, 4) is 0 Å². The zero-order valence-electron chi connectivity index (χ0n) is 14.4. The van der Waals surface area contributed by atoms with Crippen LogP contribution in [0.25, 0.3) is 0 Å². The number of aromatic nitrogens is 2. The Morgan fingerprint density at radius 1 is 1.08 bits per heavy atom. The minimum absolute atomic E-state index is 0.561. The molecule has 0 atom stereocenters. The van der Waals surface area contributed by atoms with Gasteiger partial charge in [-0.15, -0.1) is 0 Å². The Morgan fingerprint density at radius 2 is 1.81 bits per heavy atom. The Labute approximate surface area is 182 Å².